The summed E-state index contributed by atoms with van der Waals surface area (Å²) in [5, 5.41) is 3.67. The van der Waals surface area contributed by atoms with Gasteiger partial charge in [-0.15, -0.1) is 0 Å². The highest BCUT2D eigenvalue weighted by molar-refractivity contribution is 6.06. The van der Waals surface area contributed by atoms with E-state index < -0.39 is 12.0 Å². The molecule has 1 aliphatic heterocycles. The second kappa shape index (κ2) is 9.55. The van der Waals surface area contributed by atoms with Gasteiger partial charge in [0.05, 0.1) is 12.7 Å². The fourth-order valence-corrected chi connectivity index (χ4v) is 3.96. The molecule has 1 unspecified atom stereocenters. The highest BCUT2D eigenvalue weighted by Gasteiger charge is 2.29. The van der Waals surface area contributed by atoms with Crippen LogP contribution in [0.25, 0.3) is 10.9 Å². The van der Waals surface area contributed by atoms with E-state index in [0.717, 1.165) is 16.5 Å². The number of benzene rings is 2. The summed E-state index contributed by atoms with van der Waals surface area (Å²) in [5.74, 6) is -0.547. The summed E-state index contributed by atoms with van der Waals surface area (Å²) >= 11 is 0. The standard InChI is InChI=1S/C24H26N4O4/c1-32-23(30)21(15-17-7-3-2-4-8-17)26-24(31)28-13-11-27(12-14-28)22(29)19-16-25-20-10-6-5-9-18(19)20/h2-10,16,21,25H,11-15H2,1H3,(H,26,31). The Balaban J connectivity index is 1.36. The zero-order valence-corrected chi connectivity index (χ0v) is 17.9. The summed E-state index contributed by atoms with van der Waals surface area (Å²) in [6, 6.07) is 16.0. The number of para-hydroxylation sites is 1. The van der Waals surface area contributed by atoms with E-state index in [2.05, 4.69) is 10.3 Å². The topological polar surface area (TPSA) is 94.7 Å². The zero-order chi connectivity index (χ0) is 22.5. The van der Waals surface area contributed by atoms with Crippen molar-refractivity contribution in [3.63, 3.8) is 0 Å². The number of hydrogen-bond acceptors (Lipinski definition) is 4. The number of fused-ring (bicyclic) bond motifs is 1. The van der Waals surface area contributed by atoms with Crippen molar-refractivity contribution in [2.45, 2.75) is 12.5 Å². The van der Waals surface area contributed by atoms with Crippen LogP contribution < -0.4 is 5.32 Å². The Bertz CT molecular complexity index is 1100. The minimum Gasteiger partial charge on any atom is -0.467 e. The van der Waals surface area contributed by atoms with E-state index in [1.54, 1.807) is 16.0 Å². The Kier molecular flexibility index (Phi) is 6.39. The van der Waals surface area contributed by atoms with E-state index in [1.165, 1.54) is 7.11 Å². The molecule has 1 atom stereocenters. The lowest BCUT2D eigenvalue weighted by molar-refractivity contribution is -0.142. The minimum absolute atomic E-state index is 0.0565. The number of aromatic nitrogens is 1. The van der Waals surface area contributed by atoms with Crippen LogP contribution in [0.1, 0.15) is 15.9 Å². The van der Waals surface area contributed by atoms with Crippen molar-refractivity contribution in [2.24, 2.45) is 0 Å². The molecule has 0 bridgehead atoms. The molecule has 0 aliphatic carbocycles. The van der Waals surface area contributed by atoms with E-state index in [9.17, 15) is 14.4 Å². The lowest BCUT2D eigenvalue weighted by Crippen LogP contribution is -2.56. The van der Waals surface area contributed by atoms with Gasteiger partial charge in [-0.2, -0.15) is 0 Å². The number of nitrogens with one attached hydrogen (secondary N) is 2. The number of amides is 3. The van der Waals surface area contributed by atoms with Crippen LogP contribution in [0.2, 0.25) is 0 Å². The Morgan fingerprint density at radius 3 is 2.34 bits per heavy atom. The summed E-state index contributed by atoms with van der Waals surface area (Å²) in [7, 11) is 1.31. The van der Waals surface area contributed by atoms with E-state index in [4.69, 9.17) is 4.74 Å². The molecule has 2 aromatic carbocycles. The quantitative estimate of drug-likeness (QED) is 0.603. The summed E-state index contributed by atoms with van der Waals surface area (Å²) in [6.07, 6.45) is 2.08. The molecule has 1 aromatic heterocycles. The molecular formula is C24H26N4O4. The first-order valence-corrected chi connectivity index (χ1v) is 10.6. The van der Waals surface area contributed by atoms with Crippen molar-refractivity contribution in [3.8, 4) is 0 Å². The number of methoxy groups -OCH3 is 1. The van der Waals surface area contributed by atoms with Crippen LogP contribution in [-0.4, -0.2) is 72.0 Å². The lowest BCUT2D eigenvalue weighted by atomic mass is 10.1. The van der Waals surface area contributed by atoms with Gasteiger partial charge in [0, 0.05) is 49.7 Å². The molecule has 166 valence electrons. The van der Waals surface area contributed by atoms with Gasteiger partial charge in [0.25, 0.3) is 5.91 Å². The van der Waals surface area contributed by atoms with Crippen LogP contribution in [0, 0.1) is 0 Å². The van der Waals surface area contributed by atoms with Gasteiger partial charge < -0.3 is 24.8 Å². The number of nitrogens with zero attached hydrogens (tertiary/aromatic N) is 2. The van der Waals surface area contributed by atoms with Gasteiger partial charge >= 0.3 is 12.0 Å². The average Bonchev–Trinajstić information content (AvgIpc) is 3.27. The van der Waals surface area contributed by atoms with Gasteiger partial charge in [-0.1, -0.05) is 48.5 Å². The molecule has 1 fully saturated rings. The normalized spacial score (nSPS) is 14.8. The number of urea groups is 1. The summed E-state index contributed by atoms with van der Waals surface area (Å²) < 4.78 is 4.87. The number of piperazine rings is 1. The van der Waals surface area contributed by atoms with Crippen LogP contribution in [0.4, 0.5) is 4.79 Å². The smallest absolute Gasteiger partial charge is 0.328 e. The maximum Gasteiger partial charge on any atom is 0.328 e. The molecule has 2 N–H and O–H groups in total. The van der Waals surface area contributed by atoms with Crippen molar-refractivity contribution in [3.05, 3.63) is 71.9 Å². The molecule has 0 radical (unpaired) electrons. The number of H-pyrrole nitrogens is 1. The molecule has 0 saturated carbocycles. The van der Waals surface area contributed by atoms with Crippen LogP contribution in [0.3, 0.4) is 0 Å². The van der Waals surface area contributed by atoms with E-state index in [1.807, 2.05) is 54.6 Å². The zero-order valence-electron chi connectivity index (χ0n) is 17.9. The molecule has 2 heterocycles. The Morgan fingerprint density at radius 2 is 1.62 bits per heavy atom. The fraction of sp³-hybridized carbons (Fsp3) is 0.292. The predicted molar refractivity (Wildman–Crippen MR) is 120 cm³/mol. The molecule has 32 heavy (non-hydrogen) atoms. The lowest BCUT2D eigenvalue weighted by Gasteiger charge is -2.35. The van der Waals surface area contributed by atoms with Crippen LogP contribution in [0.5, 0.6) is 0 Å². The summed E-state index contributed by atoms with van der Waals surface area (Å²) in [5.41, 5.74) is 2.48. The monoisotopic (exact) mass is 434 g/mol. The van der Waals surface area contributed by atoms with Crippen molar-refractivity contribution in [1.82, 2.24) is 20.1 Å². The molecule has 4 rings (SSSR count). The minimum atomic E-state index is -0.777. The van der Waals surface area contributed by atoms with Crippen LogP contribution >= 0.6 is 0 Å². The largest absolute Gasteiger partial charge is 0.467 e. The summed E-state index contributed by atoms with van der Waals surface area (Å²) in [6.45, 7) is 1.62. The Labute approximate surface area is 186 Å². The second-order valence-electron chi connectivity index (χ2n) is 7.74. The average molecular weight is 434 g/mol. The predicted octanol–water partition coefficient (Wildman–Crippen LogP) is 2.42. The molecule has 3 aromatic rings. The Morgan fingerprint density at radius 1 is 0.969 bits per heavy atom. The van der Waals surface area contributed by atoms with Crippen LogP contribution in [0.15, 0.2) is 60.8 Å². The van der Waals surface area contributed by atoms with Gasteiger partial charge in [-0.3, -0.25) is 4.79 Å². The number of rotatable bonds is 5. The van der Waals surface area contributed by atoms with Crippen molar-refractivity contribution in [2.75, 3.05) is 33.3 Å². The fourth-order valence-electron chi connectivity index (χ4n) is 3.96. The molecule has 0 spiro atoms. The third-order valence-corrected chi connectivity index (χ3v) is 5.74. The number of carbonyl (C=O) groups excluding carboxylic acids is 3. The van der Waals surface area contributed by atoms with E-state index in [-0.39, 0.29) is 11.9 Å². The van der Waals surface area contributed by atoms with Crippen molar-refractivity contribution >= 4 is 28.8 Å². The van der Waals surface area contributed by atoms with Gasteiger partial charge in [0.15, 0.2) is 0 Å². The van der Waals surface area contributed by atoms with E-state index in [0.29, 0.717) is 38.2 Å². The van der Waals surface area contributed by atoms with E-state index >= 15 is 0 Å². The highest BCUT2D eigenvalue weighted by Crippen LogP contribution is 2.20. The SMILES string of the molecule is COC(=O)C(Cc1ccccc1)NC(=O)N1CCN(C(=O)c2c[nH]c3ccccc23)CC1. The van der Waals surface area contributed by atoms with Crippen molar-refractivity contribution in [1.29, 1.82) is 0 Å². The molecule has 3 amide bonds. The van der Waals surface area contributed by atoms with Crippen LogP contribution in [-0.2, 0) is 16.0 Å². The number of ether oxygens (including phenoxy) is 1. The number of aromatic amines is 1. The summed E-state index contributed by atoms with van der Waals surface area (Å²) in [4.78, 5) is 44.5. The third-order valence-electron chi connectivity index (χ3n) is 5.74. The highest BCUT2D eigenvalue weighted by atomic mass is 16.5. The number of carbonyl (C=O) groups is 3. The van der Waals surface area contributed by atoms with Gasteiger partial charge in [-0.05, 0) is 11.6 Å². The van der Waals surface area contributed by atoms with Gasteiger partial charge in [0.2, 0.25) is 0 Å². The van der Waals surface area contributed by atoms with Gasteiger partial charge in [0.1, 0.15) is 6.04 Å². The molecule has 1 saturated heterocycles. The molecule has 1 aliphatic rings. The van der Waals surface area contributed by atoms with Gasteiger partial charge in [-0.25, -0.2) is 9.59 Å². The first-order valence-electron chi connectivity index (χ1n) is 10.6. The molecular weight excluding hydrogens is 408 g/mol. The Hall–Kier alpha value is -3.81. The van der Waals surface area contributed by atoms with Crippen molar-refractivity contribution < 1.29 is 19.1 Å². The maximum absolute atomic E-state index is 13.0. The number of esters is 1. The third kappa shape index (κ3) is 4.59. The maximum atomic E-state index is 13.0. The molecule has 8 nitrogen and oxygen atoms in total. The number of hydrogen-bond donors (Lipinski definition) is 2. The second-order valence-corrected chi connectivity index (χ2v) is 7.74. The first kappa shape index (κ1) is 21.4. The molecule has 8 heteroatoms. The first-order chi connectivity index (χ1) is 15.6.